The fourth-order valence-electron chi connectivity index (χ4n) is 1.30. The lowest BCUT2D eigenvalue weighted by Gasteiger charge is -2.08. The summed E-state index contributed by atoms with van der Waals surface area (Å²) in [5.74, 6) is 0.357. The van der Waals surface area contributed by atoms with Crippen LogP contribution in [0.5, 0.6) is 0 Å². The summed E-state index contributed by atoms with van der Waals surface area (Å²) in [4.78, 5) is 15.4. The van der Waals surface area contributed by atoms with Gasteiger partial charge in [0, 0.05) is 12.3 Å². The Kier molecular flexibility index (Phi) is 6.04. The number of aromatic nitrogens is 3. The van der Waals surface area contributed by atoms with Gasteiger partial charge >= 0.3 is 5.97 Å². The minimum absolute atomic E-state index is 0.124. The Labute approximate surface area is 106 Å². The molecule has 0 bridgehead atoms. The second-order valence-electron chi connectivity index (χ2n) is 3.85. The highest BCUT2D eigenvalue weighted by molar-refractivity contribution is 7.99. The summed E-state index contributed by atoms with van der Waals surface area (Å²) in [5.41, 5.74) is 0. The second kappa shape index (κ2) is 7.32. The summed E-state index contributed by atoms with van der Waals surface area (Å²) < 4.78 is 6.57. The van der Waals surface area contributed by atoms with Crippen molar-refractivity contribution >= 4 is 17.7 Å². The van der Waals surface area contributed by atoms with E-state index in [-0.39, 0.29) is 11.9 Å². The van der Waals surface area contributed by atoms with Crippen LogP contribution in [0.25, 0.3) is 0 Å². The van der Waals surface area contributed by atoms with Crippen LogP contribution in [-0.2, 0) is 16.1 Å². The largest absolute Gasteiger partial charge is 0.469 e. The molecule has 0 amide bonds. The highest BCUT2D eigenvalue weighted by atomic mass is 32.2. The van der Waals surface area contributed by atoms with E-state index in [9.17, 15) is 4.79 Å². The summed E-state index contributed by atoms with van der Waals surface area (Å²) in [6.45, 7) is 4.88. The predicted octanol–water partition coefficient (Wildman–Crippen LogP) is 1.98. The van der Waals surface area contributed by atoms with Crippen molar-refractivity contribution < 1.29 is 9.53 Å². The molecule has 1 aromatic rings. The third kappa shape index (κ3) is 4.38. The van der Waals surface area contributed by atoms with Crippen molar-refractivity contribution in [1.82, 2.24) is 14.8 Å². The number of ether oxygens (including phenoxy) is 1. The number of carbonyl (C=O) groups is 1. The summed E-state index contributed by atoms with van der Waals surface area (Å²) >= 11 is 1.54. The minimum atomic E-state index is -0.183. The lowest BCUT2D eigenvalue weighted by Crippen LogP contribution is -2.15. The smallest absolute Gasteiger partial charge is 0.309 e. The number of hydrogen-bond acceptors (Lipinski definition) is 5. The van der Waals surface area contributed by atoms with Gasteiger partial charge in [0.1, 0.15) is 6.33 Å². The normalized spacial score (nSPS) is 12.4. The van der Waals surface area contributed by atoms with Crippen LogP contribution in [-0.4, -0.2) is 33.6 Å². The van der Waals surface area contributed by atoms with Gasteiger partial charge in [0.05, 0.1) is 13.0 Å². The number of carbonyl (C=O) groups excluding carboxylic acids is 1. The molecule has 96 valence electrons. The van der Waals surface area contributed by atoms with Crippen molar-refractivity contribution in [2.75, 3.05) is 12.9 Å². The molecule has 1 unspecified atom stereocenters. The van der Waals surface area contributed by atoms with Gasteiger partial charge in [-0.1, -0.05) is 32.0 Å². The third-order valence-corrected chi connectivity index (χ3v) is 3.61. The number of nitrogens with zero attached hydrogens (tertiary/aromatic N) is 3. The summed E-state index contributed by atoms with van der Waals surface area (Å²) in [6.07, 6.45) is 3.77. The molecule has 17 heavy (non-hydrogen) atoms. The zero-order valence-corrected chi connectivity index (χ0v) is 11.4. The second-order valence-corrected chi connectivity index (χ2v) is 4.84. The first-order valence-electron chi connectivity index (χ1n) is 5.77. The standard InChI is InChI=1S/C11H19N3O2S/c1-4-5-6-14-11(12-8-13-14)17-7-9(2)10(15)16-3/h8-9H,4-7H2,1-3H3. The number of aryl methyl sites for hydroxylation is 1. The summed E-state index contributed by atoms with van der Waals surface area (Å²) in [5, 5.41) is 5.03. The average Bonchev–Trinajstić information content (AvgIpc) is 2.79. The van der Waals surface area contributed by atoms with Crippen LogP contribution < -0.4 is 0 Å². The van der Waals surface area contributed by atoms with Gasteiger partial charge in [-0.3, -0.25) is 4.79 Å². The molecule has 0 saturated heterocycles. The van der Waals surface area contributed by atoms with E-state index >= 15 is 0 Å². The Balaban J connectivity index is 2.45. The van der Waals surface area contributed by atoms with Gasteiger partial charge < -0.3 is 4.74 Å². The Bertz CT molecular complexity index is 354. The topological polar surface area (TPSA) is 57.0 Å². The van der Waals surface area contributed by atoms with Crippen LogP contribution in [0.1, 0.15) is 26.7 Å². The van der Waals surface area contributed by atoms with Gasteiger partial charge in [0.25, 0.3) is 0 Å². The minimum Gasteiger partial charge on any atom is -0.469 e. The Morgan fingerprint density at radius 1 is 1.65 bits per heavy atom. The van der Waals surface area contributed by atoms with Crippen LogP contribution in [0.4, 0.5) is 0 Å². The number of esters is 1. The Morgan fingerprint density at radius 3 is 3.06 bits per heavy atom. The van der Waals surface area contributed by atoms with Gasteiger partial charge in [-0.05, 0) is 6.42 Å². The van der Waals surface area contributed by atoms with Crippen molar-refractivity contribution in [3.63, 3.8) is 0 Å². The fourth-order valence-corrected chi connectivity index (χ4v) is 2.24. The molecule has 0 aromatic carbocycles. The number of unbranched alkanes of at least 4 members (excludes halogenated alkanes) is 1. The van der Waals surface area contributed by atoms with Gasteiger partial charge in [0.15, 0.2) is 5.16 Å². The molecule has 0 fully saturated rings. The van der Waals surface area contributed by atoms with Crippen molar-refractivity contribution in [3.8, 4) is 0 Å². The van der Waals surface area contributed by atoms with Crippen molar-refractivity contribution in [2.24, 2.45) is 5.92 Å². The van der Waals surface area contributed by atoms with E-state index in [0.29, 0.717) is 5.75 Å². The predicted molar refractivity (Wildman–Crippen MR) is 66.8 cm³/mol. The molecule has 0 aliphatic carbocycles. The lowest BCUT2D eigenvalue weighted by atomic mass is 10.2. The Hall–Kier alpha value is -1.04. The van der Waals surface area contributed by atoms with Gasteiger partial charge in [-0.15, -0.1) is 0 Å². The van der Waals surface area contributed by atoms with Crippen LogP contribution >= 0.6 is 11.8 Å². The molecule has 1 heterocycles. The fraction of sp³-hybridized carbons (Fsp3) is 0.727. The van der Waals surface area contributed by atoms with Gasteiger partial charge in [-0.25, -0.2) is 9.67 Å². The van der Waals surface area contributed by atoms with E-state index in [2.05, 4.69) is 21.7 Å². The number of rotatable bonds is 7. The average molecular weight is 257 g/mol. The molecule has 6 heteroatoms. The third-order valence-electron chi connectivity index (χ3n) is 2.37. The molecule has 1 aromatic heterocycles. The lowest BCUT2D eigenvalue weighted by molar-refractivity contribution is -0.143. The molecule has 1 atom stereocenters. The molecular weight excluding hydrogens is 238 g/mol. The highest BCUT2D eigenvalue weighted by Gasteiger charge is 2.15. The molecule has 5 nitrogen and oxygen atoms in total. The quantitative estimate of drug-likeness (QED) is 0.552. The molecular formula is C11H19N3O2S. The van der Waals surface area contributed by atoms with E-state index in [0.717, 1.165) is 24.5 Å². The van der Waals surface area contributed by atoms with Crippen LogP contribution in [0, 0.1) is 5.92 Å². The molecule has 0 radical (unpaired) electrons. The van der Waals surface area contributed by atoms with E-state index in [1.54, 1.807) is 18.1 Å². The maximum Gasteiger partial charge on any atom is 0.309 e. The Morgan fingerprint density at radius 2 is 2.41 bits per heavy atom. The van der Waals surface area contributed by atoms with E-state index in [1.807, 2.05) is 11.6 Å². The SMILES string of the molecule is CCCCn1ncnc1SCC(C)C(=O)OC. The highest BCUT2D eigenvalue weighted by Crippen LogP contribution is 2.18. The zero-order chi connectivity index (χ0) is 12.7. The van der Waals surface area contributed by atoms with Crippen molar-refractivity contribution in [3.05, 3.63) is 6.33 Å². The monoisotopic (exact) mass is 257 g/mol. The molecule has 0 aliphatic heterocycles. The van der Waals surface area contributed by atoms with Crippen molar-refractivity contribution in [1.29, 1.82) is 0 Å². The first kappa shape index (κ1) is 14.0. The van der Waals surface area contributed by atoms with E-state index in [4.69, 9.17) is 0 Å². The zero-order valence-electron chi connectivity index (χ0n) is 10.5. The number of hydrogen-bond donors (Lipinski definition) is 0. The number of thioether (sulfide) groups is 1. The van der Waals surface area contributed by atoms with E-state index in [1.165, 1.54) is 7.11 Å². The maximum absolute atomic E-state index is 11.2. The maximum atomic E-state index is 11.2. The molecule has 1 rings (SSSR count). The van der Waals surface area contributed by atoms with Gasteiger partial charge in [0.2, 0.25) is 0 Å². The first-order valence-corrected chi connectivity index (χ1v) is 6.76. The first-order chi connectivity index (χ1) is 8.19. The van der Waals surface area contributed by atoms with E-state index < -0.39 is 0 Å². The molecule has 0 saturated carbocycles. The summed E-state index contributed by atoms with van der Waals surface area (Å²) in [6, 6.07) is 0. The van der Waals surface area contributed by atoms with Crippen molar-refractivity contribution in [2.45, 2.75) is 38.4 Å². The number of methoxy groups -OCH3 is 1. The molecule has 0 N–H and O–H groups in total. The summed E-state index contributed by atoms with van der Waals surface area (Å²) in [7, 11) is 1.41. The van der Waals surface area contributed by atoms with Crippen LogP contribution in [0.15, 0.2) is 11.5 Å². The van der Waals surface area contributed by atoms with Gasteiger partial charge in [-0.2, -0.15) is 5.10 Å². The van der Waals surface area contributed by atoms with Crippen LogP contribution in [0.3, 0.4) is 0 Å². The van der Waals surface area contributed by atoms with Crippen LogP contribution in [0.2, 0.25) is 0 Å². The molecule has 0 spiro atoms. The molecule has 0 aliphatic rings.